The summed E-state index contributed by atoms with van der Waals surface area (Å²) in [6.07, 6.45) is 2.73. The molecule has 4 nitrogen and oxygen atoms in total. The zero-order valence-electron chi connectivity index (χ0n) is 13.9. The summed E-state index contributed by atoms with van der Waals surface area (Å²) in [5, 5.41) is 0. The summed E-state index contributed by atoms with van der Waals surface area (Å²) in [5.74, 6) is -0.640. The van der Waals surface area contributed by atoms with E-state index in [1.807, 2.05) is 13.8 Å². The third kappa shape index (κ3) is 4.09. The Bertz CT molecular complexity index is 548. The molecule has 0 radical (unpaired) electrons. The molecule has 2 rings (SSSR count). The van der Waals surface area contributed by atoms with Gasteiger partial charge in [-0.3, -0.25) is 9.59 Å². The molecule has 0 heterocycles. The standard InChI is InChI=1S/C18H24FNO3/c1-12(2)20(16-10-8-15(19)9-11-16)17(21)13-4-6-14(7-5-13)18(22)23-3/h8-14H,4-7H2,1-3H3. The van der Waals surface area contributed by atoms with E-state index in [4.69, 9.17) is 4.74 Å². The topological polar surface area (TPSA) is 46.6 Å². The summed E-state index contributed by atoms with van der Waals surface area (Å²) < 4.78 is 17.9. The van der Waals surface area contributed by atoms with Crippen LogP contribution in [0.4, 0.5) is 10.1 Å². The van der Waals surface area contributed by atoms with Crippen molar-refractivity contribution in [2.24, 2.45) is 11.8 Å². The Morgan fingerprint density at radius 3 is 2.09 bits per heavy atom. The van der Waals surface area contributed by atoms with E-state index in [0.717, 1.165) is 0 Å². The number of benzene rings is 1. The highest BCUT2D eigenvalue weighted by Gasteiger charge is 2.33. The molecule has 0 unspecified atom stereocenters. The molecule has 0 aliphatic heterocycles. The highest BCUT2D eigenvalue weighted by atomic mass is 19.1. The van der Waals surface area contributed by atoms with Crippen molar-refractivity contribution in [3.05, 3.63) is 30.1 Å². The SMILES string of the molecule is COC(=O)C1CCC(C(=O)N(c2ccc(F)cc2)C(C)C)CC1. The maximum absolute atomic E-state index is 13.1. The summed E-state index contributed by atoms with van der Waals surface area (Å²) in [6.45, 7) is 3.89. The molecule has 1 amide bonds. The molecule has 0 atom stereocenters. The largest absolute Gasteiger partial charge is 0.469 e. The van der Waals surface area contributed by atoms with Crippen molar-refractivity contribution in [2.45, 2.75) is 45.6 Å². The fraction of sp³-hybridized carbons (Fsp3) is 0.556. The Hall–Kier alpha value is -1.91. The number of nitrogens with zero attached hydrogens (tertiary/aromatic N) is 1. The zero-order chi connectivity index (χ0) is 17.0. The molecular weight excluding hydrogens is 297 g/mol. The molecular formula is C18H24FNO3. The lowest BCUT2D eigenvalue weighted by atomic mass is 9.81. The van der Waals surface area contributed by atoms with Crippen molar-refractivity contribution >= 4 is 17.6 Å². The van der Waals surface area contributed by atoms with Crippen molar-refractivity contribution in [3.63, 3.8) is 0 Å². The second kappa shape index (κ2) is 7.57. The number of anilines is 1. The van der Waals surface area contributed by atoms with E-state index < -0.39 is 0 Å². The average molecular weight is 321 g/mol. The van der Waals surface area contributed by atoms with Gasteiger partial charge in [-0.05, 0) is 63.8 Å². The number of carbonyl (C=O) groups excluding carboxylic acids is 2. The normalized spacial score (nSPS) is 21.1. The highest BCUT2D eigenvalue weighted by molar-refractivity contribution is 5.95. The minimum atomic E-state index is -0.316. The number of amides is 1. The molecule has 1 aromatic rings. The third-order valence-electron chi connectivity index (χ3n) is 4.47. The monoisotopic (exact) mass is 321 g/mol. The zero-order valence-corrected chi connectivity index (χ0v) is 13.9. The lowest BCUT2D eigenvalue weighted by molar-refractivity contribution is -0.147. The van der Waals surface area contributed by atoms with Crippen LogP contribution in [0.5, 0.6) is 0 Å². The van der Waals surface area contributed by atoms with Crippen LogP contribution in [0, 0.1) is 17.7 Å². The molecule has 23 heavy (non-hydrogen) atoms. The van der Waals surface area contributed by atoms with Crippen molar-refractivity contribution in [2.75, 3.05) is 12.0 Å². The lowest BCUT2D eigenvalue weighted by Crippen LogP contribution is -2.42. The second-order valence-corrected chi connectivity index (χ2v) is 6.35. The minimum Gasteiger partial charge on any atom is -0.469 e. The van der Waals surface area contributed by atoms with Crippen LogP contribution < -0.4 is 4.90 Å². The summed E-state index contributed by atoms with van der Waals surface area (Å²) in [5.41, 5.74) is 0.710. The van der Waals surface area contributed by atoms with Gasteiger partial charge in [-0.2, -0.15) is 0 Å². The first-order chi connectivity index (χ1) is 10.9. The smallest absolute Gasteiger partial charge is 0.308 e. The first kappa shape index (κ1) is 17.4. The number of rotatable bonds is 4. The van der Waals surface area contributed by atoms with Crippen LogP contribution in [0.2, 0.25) is 0 Å². The Morgan fingerprint density at radius 2 is 1.61 bits per heavy atom. The van der Waals surface area contributed by atoms with Crippen LogP contribution in [-0.2, 0) is 14.3 Å². The predicted molar refractivity (Wildman–Crippen MR) is 86.5 cm³/mol. The van der Waals surface area contributed by atoms with Gasteiger partial charge in [0, 0.05) is 17.6 Å². The Kier molecular flexibility index (Phi) is 5.74. The first-order valence-corrected chi connectivity index (χ1v) is 8.10. The predicted octanol–water partition coefficient (Wildman–Crippen LogP) is 3.55. The first-order valence-electron chi connectivity index (χ1n) is 8.10. The Labute approximate surface area is 136 Å². The van der Waals surface area contributed by atoms with Gasteiger partial charge in [0.2, 0.25) is 5.91 Å². The van der Waals surface area contributed by atoms with E-state index in [0.29, 0.717) is 31.4 Å². The molecule has 0 N–H and O–H groups in total. The van der Waals surface area contributed by atoms with Gasteiger partial charge in [-0.15, -0.1) is 0 Å². The molecule has 0 saturated heterocycles. The average Bonchev–Trinajstić information content (AvgIpc) is 2.56. The van der Waals surface area contributed by atoms with Gasteiger partial charge in [-0.25, -0.2) is 4.39 Å². The fourth-order valence-electron chi connectivity index (χ4n) is 3.22. The number of ether oxygens (including phenoxy) is 1. The van der Waals surface area contributed by atoms with Crippen molar-refractivity contribution in [3.8, 4) is 0 Å². The quantitative estimate of drug-likeness (QED) is 0.797. The van der Waals surface area contributed by atoms with Gasteiger partial charge in [0.25, 0.3) is 0 Å². The Morgan fingerprint density at radius 1 is 1.09 bits per heavy atom. The molecule has 0 aromatic heterocycles. The number of carbonyl (C=O) groups is 2. The van der Waals surface area contributed by atoms with Crippen LogP contribution in [0.15, 0.2) is 24.3 Å². The van der Waals surface area contributed by atoms with Gasteiger partial charge in [0.1, 0.15) is 5.82 Å². The number of hydrogen-bond acceptors (Lipinski definition) is 3. The molecule has 1 aliphatic carbocycles. The van der Waals surface area contributed by atoms with E-state index in [1.165, 1.54) is 19.2 Å². The van der Waals surface area contributed by atoms with Crippen molar-refractivity contribution in [1.82, 2.24) is 0 Å². The molecule has 1 saturated carbocycles. The molecule has 1 aromatic carbocycles. The van der Waals surface area contributed by atoms with Crippen molar-refractivity contribution in [1.29, 1.82) is 0 Å². The summed E-state index contributed by atoms with van der Waals surface area (Å²) in [6, 6.07) is 5.99. The van der Waals surface area contributed by atoms with Gasteiger partial charge in [0.05, 0.1) is 13.0 Å². The van der Waals surface area contributed by atoms with Gasteiger partial charge >= 0.3 is 5.97 Å². The number of hydrogen-bond donors (Lipinski definition) is 0. The molecule has 1 fully saturated rings. The highest BCUT2D eigenvalue weighted by Crippen LogP contribution is 2.32. The van der Waals surface area contributed by atoms with E-state index in [2.05, 4.69) is 0 Å². The lowest BCUT2D eigenvalue weighted by Gasteiger charge is -2.33. The van der Waals surface area contributed by atoms with Crippen LogP contribution in [-0.4, -0.2) is 25.0 Å². The number of halogens is 1. The maximum atomic E-state index is 13.1. The molecule has 0 bridgehead atoms. The van der Waals surface area contributed by atoms with Crippen molar-refractivity contribution < 1.29 is 18.7 Å². The maximum Gasteiger partial charge on any atom is 0.308 e. The van der Waals surface area contributed by atoms with Gasteiger partial charge in [0.15, 0.2) is 0 Å². The van der Waals surface area contributed by atoms with Gasteiger partial charge < -0.3 is 9.64 Å². The van der Waals surface area contributed by atoms with Crippen LogP contribution in [0.25, 0.3) is 0 Å². The van der Waals surface area contributed by atoms with E-state index >= 15 is 0 Å². The van der Waals surface area contributed by atoms with Crippen LogP contribution in [0.1, 0.15) is 39.5 Å². The van der Waals surface area contributed by atoms with Crippen LogP contribution in [0.3, 0.4) is 0 Å². The molecule has 0 spiro atoms. The minimum absolute atomic E-state index is 0.00806. The third-order valence-corrected chi connectivity index (χ3v) is 4.47. The molecule has 126 valence electrons. The summed E-state index contributed by atoms with van der Waals surface area (Å²) in [4.78, 5) is 26.2. The van der Waals surface area contributed by atoms with Crippen LogP contribution >= 0.6 is 0 Å². The molecule has 5 heteroatoms. The molecule has 1 aliphatic rings. The van der Waals surface area contributed by atoms with E-state index in [1.54, 1.807) is 17.0 Å². The van der Waals surface area contributed by atoms with Gasteiger partial charge in [-0.1, -0.05) is 0 Å². The summed E-state index contributed by atoms with van der Waals surface area (Å²) in [7, 11) is 1.40. The fourth-order valence-corrected chi connectivity index (χ4v) is 3.22. The number of methoxy groups -OCH3 is 1. The van der Waals surface area contributed by atoms with E-state index in [-0.39, 0.29) is 35.6 Å². The Balaban J connectivity index is 2.08. The summed E-state index contributed by atoms with van der Waals surface area (Å²) >= 11 is 0. The van der Waals surface area contributed by atoms with E-state index in [9.17, 15) is 14.0 Å². The second-order valence-electron chi connectivity index (χ2n) is 6.35. The number of esters is 1.